The molecule has 1 saturated heterocycles. The summed E-state index contributed by atoms with van der Waals surface area (Å²) in [5.41, 5.74) is 2.06. The molecule has 0 radical (unpaired) electrons. The minimum Gasteiger partial charge on any atom is -0.508 e. The van der Waals surface area contributed by atoms with E-state index in [1.165, 1.54) is 0 Å². The van der Waals surface area contributed by atoms with Crippen LogP contribution >= 0.6 is 0 Å². The van der Waals surface area contributed by atoms with Crippen molar-refractivity contribution >= 4 is 21.8 Å². The average molecular weight is 325 g/mol. The molecule has 1 unspecified atom stereocenters. The van der Waals surface area contributed by atoms with E-state index in [1.807, 2.05) is 18.2 Å². The Morgan fingerprint density at radius 2 is 1.71 bits per heavy atom. The first kappa shape index (κ1) is 15.4. The van der Waals surface area contributed by atoms with Crippen LogP contribution in [0.3, 0.4) is 0 Å². The number of rotatable bonds is 4. The highest BCUT2D eigenvalue weighted by molar-refractivity contribution is 6.08. The van der Waals surface area contributed by atoms with Crippen molar-refractivity contribution < 1.29 is 10.2 Å². The predicted molar refractivity (Wildman–Crippen MR) is 96.4 cm³/mol. The van der Waals surface area contributed by atoms with E-state index in [9.17, 15) is 10.2 Å². The van der Waals surface area contributed by atoms with Gasteiger partial charge in [-0.15, -0.1) is 0 Å². The molecule has 4 rings (SSSR count). The number of aromatic hydroxyl groups is 1. The van der Waals surface area contributed by atoms with Gasteiger partial charge in [-0.25, -0.2) is 0 Å². The SMILES string of the molecule is Oc1ccc2c3ccccc3n(CC(O)CN3CCNCC3)c2c1. The summed E-state index contributed by atoms with van der Waals surface area (Å²) in [5.74, 6) is 0.253. The van der Waals surface area contributed by atoms with Crippen LogP contribution in [0.2, 0.25) is 0 Å². The van der Waals surface area contributed by atoms with E-state index in [2.05, 4.69) is 26.9 Å². The number of β-amino-alcohol motifs (C(OH)–C–C–N with tert-alkyl or cyclic N) is 1. The third-order valence-electron chi connectivity index (χ3n) is 4.83. The van der Waals surface area contributed by atoms with Crippen LogP contribution in [0.15, 0.2) is 42.5 Å². The Balaban J connectivity index is 1.67. The summed E-state index contributed by atoms with van der Waals surface area (Å²) >= 11 is 0. The number of benzene rings is 2. The topological polar surface area (TPSA) is 60.7 Å². The fourth-order valence-corrected chi connectivity index (χ4v) is 3.69. The first-order valence-electron chi connectivity index (χ1n) is 8.53. The van der Waals surface area contributed by atoms with Gasteiger partial charge in [0.1, 0.15) is 5.75 Å². The summed E-state index contributed by atoms with van der Waals surface area (Å²) in [6, 6.07) is 13.7. The molecule has 5 nitrogen and oxygen atoms in total. The van der Waals surface area contributed by atoms with Gasteiger partial charge in [0.2, 0.25) is 0 Å². The van der Waals surface area contributed by atoms with Gasteiger partial charge in [0.15, 0.2) is 0 Å². The molecule has 0 aliphatic carbocycles. The highest BCUT2D eigenvalue weighted by atomic mass is 16.3. The molecule has 0 saturated carbocycles. The van der Waals surface area contributed by atoms with Crippen molar-refractivity contribution in [3.05, 3.63) is 42.5 Å². The van der Waals surface area contributed by atoms with Crippen molar-refractivity contribution in [1.29, 1.82) is 0 Å². The van der Waals surface area contributed by atoms with Crippen LogP contribution in [0.25, 0.3) is 21.8 Å². The predicted octanol–water partition coefficient (Wildman–Crippen LogP) is 1.77. The highest BCUT2D eigenvalue weighted by Crippen LogP contribution is 2.31. The summed E-state index contributed by atoms with van der Waals surface area (Å²) in [5, 5.41) is 26.1. The maximum atomic E-state index is 10.6. The van der Waals surface area contributed by atoms with Crippen LogP contribution in [0.1, 0.15) is 0 Å². The monoisotopic (exact) mass is 325 g/mol. The van der Waals surface area contributed by atoms with Gasteiger partial charge in [-0.05, 0) is 18.2 Å². The highest BCUT2D eigenvalue weighted by Gasteiger charge is 2.17. The van der Waals surface area contributed by atoms with Gasteiger partial charge in [-0.1, -0.05) is 18.2 Å². The molecule has 3 aromatic rings. The molecule has 126 valence electrons. The van der Waals surface area contributed by atoms with E-state index in [-0.39, 0.29) is 5.75 Å². The molecule has 2 aromatic carbocycles. The molecule has 0 amide bonds. The molecule has 1 aromatic heterocycles. The number of aliphatic hydroxyl groups is 1. The number of aliphatic hydroxyl groups excluding tert-OH is 1. The molecule has 3 N–H and O–H groups in total. The number of phenolic OH excluding ortho intramolecular Hbond substituents is 1. The van der Waals surface area contributed by atoms with E-state index in [4.69, 9.17) is 0 Å². The first-order valence-corrected chi connectivity index (χ1v) is 8.53. The first-order chi connectivity index (χ1) is 11.7. The number of nitrogens with zero attached hydrogens (tertiary/aromatic N) is 2. The molecule has 1 fully saturated rings. The number of fused-ring (bicyclic) bond motifs is 3. The van der Waals surface area contributed by atoms with E-state index in [0.717, 1.165) is 48.0 Å². The zero-order valence-corrected chi connectivity index (χ0v) is 13.7. The van der Waals surface area contributed by atoms with E-state index < -0.39 is 6.10 Å². The molecule has 5 heteroatoms. The minimum atomic E-state index is -0.440. The Labute approximate surface area is 141 Å². The lowest BCUT2D eigenvalue weighted by Gasteiger charge is -2.29. The minimum absolute atomic E-state index is 0.253. The number of para-hydroxylation sites is 1. The molecule has 1 aliphatic rings. The van der Waals surface area contributed by atoms with Crippen molar-refractivity contribution in [2.24, 2.45) is 0 Å². The van der Waals surface area contributed by atoms with Crippen LogP contribution in [-0.4, -0.2) is 58.5 Å². The Kier molecular flexibility index (Phi) is 4.14. The second-order valence-electron chi connectivity index (χ2n) is 6.53. The Morgan fingerprint density at radius 3 is 2.54 bits per heavy atom. The van der Waals surface area contributed by atoms with Gasteiger partial charge in [0.25, 0.3) is 0 Å². The summed E-state index contributed by atoms with van der Waals surface area (Å²) in [7, 11) is 0. The Bertz CT molecular complexity index is 852. The van der Waals surface area contributed by atoms with Gasteiger partial charge in [0, 0.05) is 55.1 Å². The lowest BCUT2D eigenvalue weighted by atomic mass is 10.1. The van der Waals surface area contributed by atoms with Gasteiger partial charge >= 0.3 is 0 Å². The van der Waals surface area contributed by atoms with Crippen molar-refractivity contribution in [1.82, 2.24) is 14.8 Å². The van der Waals surface area contributed by atoms with Gasteiger partial charge < -0.3 is 20.1 Å². The van der Waals surface area contributed by atoms with Crippen LogP contribution in [-0.2, 0) is 6.54 Å². The summed E-state index contributed by atoms with van der Waals surface area (Å²) in [4.78, 5) is 2.30. The summed E-state index contributed by atoms with van der Waals surface area (Å²) in [6.07, 6.45) is -0.440. The van der Waals surface area contributed by atoms with Crippen molar-refractivity contribution in [2.45, 2.75) is 12.6 Å². The van der Waals surface area contributed by atoms with Crippen LogP contribution < -0.4 is 5.32 Å². The molecule has 0 bridgehead atoms. The lowest BCUT2D eigenvalue weighted by molar-refractivity contribution is 0.0935. The van der Waals surface area contributed by atoms with Crippen molar-refractivity contribution in [3.63, 3.8) is 0 Å². The molecular formula is C19H23N3O2. The Morgan fingerprint density at radius 1 is 0.958 bits per heavy atom. The van der Waals surface area contributed by atoms with Gasteiger partial charge in [0.05, 0.1) is 18.2 Å². The van der Waals surface area contributed by atoms with E-state index in [1.54, 1.807) is 12.1 Å². The van der Waals surface area contributed by atoms with Crippen molar-refractivity contribution in [3.8, 4) is 5.75 Å². The number of hydrogen-bond donors (Lipinski definition) is 3. The number of phenols is 1. The van der Waals surface area contributed by atoms with Crippen LogP contribution in [0.5, 0.6) is 5.75 Å². The Hall–Kier alpha value is -2.08. The molecule has 1 atom stereocenters. The van der Waals surface area contributed by atoms with Crippen LogP contribution in [0, 0.1) is 0 Å². The average Bonchev–Trinajstić information content (AvgIpc) is 2.89. The molecule has 0 spiro atoms. The maximum absolute atomic E-state index is 10.6. The number of piperazine rings is 1. The molecule has 2 heterocycles. The summed E-state index contributed by atoms with van der Waals surface area (Å²) < 4.78 is 2.12. The fraction of sp³-hybridized carbons (Fsp3) is 0.368. The number of nitrogens with one attached hydrogen (secondary N) is 1. The van der Waals surface area contributed by atoms with Gasteiger partial charge in [-0.2, -0.15) is 0 Å². The zero-order chi connectivity index (χ0) is 16.5. The van der Waals surface area contributed by atoms with E-state index >= 15 is 0 Å². The van der Waals surface area contributed by atoms with Crippen LogP contribution in [0.4, 0.5) is 0 Å². The quantitative estimate of drug-likeness (QED) is 0.684. The number of aromatic nitrogens is 1. The smallest absolute Gasteiger partial charge is 0.117 e. The zero-order valence-electron chi connectivity index (χ0n) is 13.7. The second-order valence-corrected chi connectivity index (χ2v) is 6.53. The largest absolute Gasteiger partial charge is 0.508 e. The number of hydrogen-bond acceptors (Lipinski definition) is 4. The third kappa shape index (κ3) is 2.86. The normalized spacial score (nSPS) is 17.5. The maximum Gasteiger partial charge on any atom is 0.117 e. The second kappa shape index (κ2) is 6.43. The van der Waals surface area contributed by atoms with E-state index in [0.29, 0.717) is 13.1 Å². The summed E-state index contributed by atoms with van der Waals surface area (Å²) in [6.45, 7) is 5.12. The molecule has 1 aliphatic heterocycles. The standard InChI is InChI=1S/C19H23N3O2/c23-14-5-6-17-16-3-1-2-4-18(16)22(19(17)11-14)13-15(24)12-21-9-7-20-8-10-21/h1-6,11,15,20,23-24H,7-10,12-13H2. The molecule has 24 heavy (non-hydrogen) atoms. The fourth-order valence-electron chi connectivity index (χ4n) is 3.69. The van der Waals surface area contributed by atoms with Gasteiger partial charge in [-0.3, -0.25) is 4.90 Å². The third-order valence-corrected chi connectivity index (χ3v) is 4.83. The lowest BCUT2D eigenvalue weighted by Crippen LogP contribution is -2.46. The van der Waals surface area contributed by atoms with Crippen molar-refractivity contribution in [2.75, 3.05) is 32.7 Å². The molecular weight excluding hydrogens is 302 g/mol.